The third kappa shape index (κ3) is 4.15. The average Bonchev–Trinajstić information content (AvgIpc) is 3.44. The Labute approximate surface area is 200 Å². The summed E-state index contributed by atoms with van der Waals surface area (Å²) in [6, 6.07) is 6.03. The van der Waals surface area contributed by atoms with E-state index < -0.39 is 6.04 Å². The van der Waals surface area contributed by atoms with Gasteiger partial charge in [-0.15, -0.1) is 0 Å². The SMILES string of the molecule is CCC(c1cnn(CC)c1)N1CCC(c2ccc3c(c2)CN(C2CCC(=O)NC2=O)C3=O)CC1. The van der Waals surface area contributed by atoms with Crippen molar-refractivity contribution >= 4 is 17.7 Å². The quantitative estimate of drug-likeness (QED) is 0.666. The number of piperidine rings is 2. The summed E-state index contributed by atoms with van der Waals surface area (Å²) in [5.41, 5.74) is 4.26. The minimum absolute atomic E-state index is 0.107. The molecule has 1 N–H and O–H groups in total. The molecule has 34 heavy (non-hydrogen) atoms. The zero-order valence-electron chi connectivity index (χ0n) is 20.0. The zero-order valence-corrected chi connectivity index (χ0v) is 20.0. The summed E-state index contributed by atoms with van der Waals surface area (Å²) < 4.78 is 1.99. The fraction of sp³-hybridized carbons (Fsp3) is 0.538. The number of nitrogens with one attached hydrogen (secondary N) is 1. The number of carbonyl (C=O) groups excluding carboxylic acids is 3. The van der Waals surface area contributed by atoms with E-state index in [0.29, 0.717) is 30.5 Å². The van der Waals surface area contributed by atoms with Crippen molar-refractivity contribution < 1.29 is 14.4 Å². The van der Waals surface area contributed by atoms with Gasteiger partial charge in [0, 0.05) is 42.9 Å². The maximum absolute atomic E-state index is 13.0. The van der Waals surface area contributed by atoms with Crippen LogP contribution in [0.2, 0.25) is 0 Å². The van der Waals surface area contributed by atoms with Crippen LogP contribution in [0.25, 0.3) is 0 Å². The van der Waals surface area contributed by atoms with Gasteiger partial charge in [0.25, 0.3) is 5.91 Å². The lowest BCUT2D eigenvalue weighted by atomic mass is 9.87. The number of likely N-dealkylation sites (tertiary alicyclic amines) is 1. The summed E-state index contributed by atoms with van der Waals surface area (Å²) in [5, 5.41) is 6.83. The summed E-state index contributed by atoms with van der Waals surface area (Å²) >= 11 is 0. The average molecular weight is 464 g/mol. The molecule has 0 spiro atoms. The highest BCUT2D eigenvalue weighted by atomic mass is 16.2. The molecule has 8 heteroatoms. The van der Waals surface area contributed by atoms with Crippen LogP contribution >= 0.6 is 0 Å². The highest BCUT2D eigenvalue weighted by Gasteiger charge is 2.39. The van der Waals surface area contributed by atoms with E-state index in [1.165, 1.54) is 11.1 Å². The van der Waals surface area contributed by atoms with Gasteiger partial charge in [-0.05, 0) is 68.8 Å². The van der Waals surface area contributed by atoms with Gasteiger partial charge in [0.1, 0.15) is 6.04 Å². The van der Waals surface area contributed by atoms with Crippen LogP contribution in [0.3, 0.4) is 0 Å². The van der Waals surface area contributed by atoms with E-state index in [0.717, 1.165) is 44.5 Å². The summed E-state index contributed by atoms with van der Waals surface area (Å²) in [4.78, 5) is 41.0. The molecule has 1 aromatic heterocycles. The minimum atomic E-state index is -0.563. The number of nitrogens with zero attached hydrogens (tertiary/aromatic N) is 4. The smallest absolute Gasteiger partial charge is 0.255 e. The Bertz CT molecular complexity index is 1100. The van der Waals surface area contributed by atoms with Gasteiger partial charge in [-0.25, -0.2) is 0 Å². The Hall–Kier alpha value is -3.00. The van der Waals surface area contributed by atoms with Crippen molar-refractivity contribution in [1.82, 2.24) is 24.9 Å². The Morgan fingerprint density at radius 3 is 2.59 bits per heavy atom. The molecule has 0 aliphatic carbocycles. The predicted octanol–water partition coefficient (Wildman–Crippen LogP) is 2.99. The lowest BCUT2D eigenvalue weighted by molar-refractivity contribution is -0.136. The first-order chi connectivity index (χ1) is 16.5. The molecule has 4 heterocycles. The molecule has 3 aliphatic heterocycles. The third-order valence-electron chi connectivity index (χ3n) is 7.74. The predicted molar refractivity (Wildman–Crippen MR) is 127 cm³/mol. The molecule has 2 atom stereocenters. The molecular formula is C26H33N5O3. The highest BCUT2D eigenvalue weighted by molar-refractivity contribution is 6.05. The van der Waals surface area contributed by atoms with E-state index in [9.17, 15) is 14.4 Å². The number of carbonyl (C=O) groups is 3. The first kappa shape index (κ1) is 22.8. The summed E-state index contributed by atoms with van der Waals surface area (Å²) in [6.07, 6.45) is 8.09. The van der Waals surface area contributed by atoms with Crippen LogP contribution in [0.1, 0.15) is 85.0 Å². The van der Waals surface area contributed by atoms with E-state index in [1.807, 2.05) is 16.9 Å². The van der Waals surface area contributed by atoms with Crippen LogP contribution in [0, 0.1) is 0 Å². The molecular weight excluding hydrogens is 430 g/mol. The second-order valence-corrected chi connectivity index (χ2v) is 9.68. The number of hydrogen-bond acceptors (Lipinski definition) is 5. The number of hydrogen-bond donors (Lipinski definition) is 1. The zero-order chi connectivity index (χ0) is 23.8. The second-order valence-electron chi connectivity index (χ2n) is 9.68. The minimum Gasteiger partial charge on any atom is -0.322 e. The monoisotopic (exact) mass is 463 g/mol. The number of aromatic nitrogens is 2. The van der Waals surface area contributed by atoms with Gasteiger partial charge < -0.3 is 4.90 Å². The third-order valence-corrected chi connectivity index (χ3v) is 7.74. The van der Waals surface area contributed by atoms with E-state index in [4.69, 9.17) is 0 Å². The van der Waals surface area contributed by atoms with Gasteiger partial charge in [-0.2, -0.15) is 5.10 Å². The molecule has 0 bridgehead atoms. The van der Waals surface area contributed by atoms with Crippen molar-refractivity contribution in [2.24, 2.45) is 0 Å². The van der Waals surface area contributed by atoms with Crippen LogP contribution in [0.5, 0.6) is 0 Å². The molecule has 2 unspecified atom stereocenters. The molecule has 8 nitrogen and oxygen atoms in total. The van der Waals surface area contributed by atoms with Gasteiger partial charge in [0.2, 0.25) is 11.8 Å². The molecule has 2 fully saturated rings. The molecule has 180 valence electrons. The van der Waals surface area contributed by atoms with Gasteiger partial charge in [-0.1, -0.05) is 19.1 Å². The van der Waals surface area contributed by atoms with Gasteiger partial charge in [0.05, 0.1) is 6.20 Å². The van der Waals surface area contributed by atoms with E-state index in [2.05, 4.69) is 47.5 Å². The Balaban J connectivity index is 1.24. The van der Waals surface area contributed by atoms with Crippen molar-refractivity contribution in [2.75, 3.05) is 13.1 Å². The van der Waals surface area contributed by atoms with Gasteiger partial charge in [0.15, 0.2) is 0 Å². The number of fused-ring (bicyclic) bond motifs is 1. The van der Waals surface area contributed by atoms with Crippen LogP contribution in [-0.4, -0.2) is 56.4 Å². The highest BCUT2D eigenvalue weighted by Crippen LogP contribution is 2.36. The molecule has 2 aromatic rings. The summed E-state index contributed by atoms with van der Waals surface area (Å²) in [7, 11) is 0. The molecule has 0 saturated carbocycles. The van der Waals surface area contributed by atoms with E-state index in [-0.39, 0.29) is 24.1 Å². The number of benzene rings is 1. The Morgan fingerprint density at radius 2 is 1.91 bits per heavy atom. The number of rotatable bonds is 6. The van der Waals surface area contributed by atoms with Crippen LogP contribution in [0.15, 0.2) is 30.6 Å². The van der Waals surface area contributed by atoms with Gasteiger partial charge >= 0.3 is 0 Å². The van der Waals surface area contributed by atoms with Gasteiger partial charge in [-0.3, -0.25) is 29.3 Å². The van der Waals surface area contributed by atoms with Crippen LogP contribution < -0.4 is 5.32 Å². The molecule has 3 amide bonds. The van der Waals surface area contributed by atoms with Crippen molar-refractivity contribution in [3.8, 4) is 0 Å². The first-order valence-electron chi connectivity index (χ1n) is 12.5. The Morgan fingerprint density at radius 1 is 1.12 bits per heavy atom. The molecule has 0 radical (unpaired) electrons. The van der Waals surface area contributed by atoms with Crippen LogP contribution in [0.4, 0.5) is 0 Å². The Kier molecular flexibility index (Phi) is 6.25. The maximum Gasteiger partial charge on any atom is 0.255 e. The lowest BCUT2D eigenvalue weighted by Gasteiger charge is -2.37. The molecule has 2 saturated heterocycles. The number of amides is 3. The fourth-order valence-electron chi connectivity index (χ4n) is 5.82. The largest absolute Gasteiger partial charge is 0.322 e. The van der Waals surface area contributed by atoms with E-state index >= 15 is 0 Å². The topological polar surface area (TPSA) is 87.5 Å². The molecule has 5 rings (SSSR count). The second kappa shape index (κ2) is 9.33. The summed E-state index contributed by atoms with van der Waals surface area (Å²) in [6.45, 7) is 7.76. The lowest BCUT2D eigenvalue weighted by Crippen LogP contribution is -2.52. The first-order valence-corrected chi connectivity index (χ1v) is 12.5. The standard InChI is InChI=1S/C26H33N5O3/c1-3-22(20-14-27-30(4-2)15-20)29-11-9-17(10-12-29)18-5-6-21-19(13-18)16-31(26(21)34)23-7-8-24(32)28-25(23)33/h5-6,13-15,17,22-23H,3-4,7-12,16H2,1-2H3,(H,28,32,33). The number of imide groups is 1. The molecule has 1 aromatic carbocycles. The number of aryl methyl sites for hydroxylation is 1. The van der Waals surface area contributed by atoms with E-state index in [1.54, 1.807) is 4.90 Å². The molecule has 3 aliphatic rings. The van der Waals surface area contributed by atoms with Crippen molar-refractivity contribution in [1.29, 1.82) is 0 Å². The van der Waals surface area contributed by atoms with Crippen molar-refractivity contribution in [3.05, 3.63) is 52.8 Å². The normalized spacial score (nSPS) is 22.7. The maximum atomic E-state index is 13.0. The van der Waals surface area contributed by atoms with Crippen molar-refractivity contribution in [3.63, 3.8) is 0 Å². The summed E-state index contributed by atoms with van der Waals surface area (Å²) in [5.74, 6) is -0.259. The van der Waals surface area contributed by atoms with Crippen LogP contribution in [-0.2, 0) is 22.7 Å². The fourth-order valence-corrected chi connectivity index (χ4v) is 5.82. The van der Waals surface area contributed by atoms with Crippen molar-refractivity contribution in [2.45, 2.75) is 77.0 Å².